The van der Waals surface area contributed by atoms with Gasteiger partial charge in [-0.25, -0.2) is 0 Å². The van der Waals surface area contributed by atoms with Gasteiger partial charge in [-0.3, -0.25) is 4.68 Å². The lowest BCUT2D eigenvalue weighted by molar-refractivity contribution is 0.405. The van der Waals surface area contributed by atoms with E-state index in [0.717, 1.165) is 24.0 Å². The van der Waals surface area contributed by atoms with Crippen molar-refractivity contribution >= 4 is 15.9 Å². The van der Waals surface area contributed by atoms with E-state index < -0.39 is 0 Å². The minimum atomic E-state index is 0.132. The van der Waals surface area contributed by atoms with Gasteiger partial charge in [-0.1, -0.05) is 27.7 Å². The maximum atomic E-state index is 4.39. The predicted octanol–water partition coefficient (Wildman–Crippen LogP) is 3.33. The van der Waals surface area contributed by atoms with Crippen LogP contribution in [0.15, 0.2) is 10.7 Å². The Balaban J connectivity index is 2.77. The minimum absolute atomic E-state index is 0.132. The molecule has 0 saturated carbocycles. The van der Waals surface area contributed by atoms with Crippen molar-refractivity contribution in [2.75, 3.05) is 6.54 Å². The molecule has 0 amide bonds. The first-order valence-corrected chi connectivity index (χ1v) is 7.13. The van der Waals surface area contributed by atoms with Crippen LogP contribution in [0, 0.1) is 0 Å². The first kappa shape index (κ1) is 14.7. The molecule has 0 aliphatic carbocycles. The fourth-order valence-corrected chi connectivity index (χ4v) is 2.90. The summed E-state index contributed by atoms with van der Waals surface area (Å²) >= 11 is 3.61. The molecule has 17 heavy (non-hydrogen) atoms. The Labute approximate surface area is 113 Å². The Kier molecular flexibility index (Phi) is 5.20. The summed E-state index contributed by atoms with van der Waals surface area (Å²) in [7, 11) is 0. The van der Waals surface area contributed by atoms with E-state index in [-0.39, 0.29) is 5.41 Å². The summed E-state index contributed by atoms with van der Waals surface area (Å²) in [4.78, 5) is 0. The highest BCUT2D eigenvalue weighted by Crippen LogP contribution is 2.32. The SMILES string of the molecule is CCn1ncc(Br)c1C(C)(C)CCNC(C)C. The maximum Gasteiger partial charge on any atom is 0.0635 e. The van der Waals surface area contributed by atoms with Crippen molar-refractivity contribution in [1.82, 2.24) is 15.1 Å². The molecule has 0 aliphatic rings. The van der Waals surface area contributed by atoms with Crippen LogP contribution >= 0.6 is 15.9 Å². The van der Waals surface area contributed by atoms with Crippen molar-refractivity contribution in [1.29, 1.82) is 0 Å². The third-order valence-electron chi connectivity index (χ3n) is 3.04. The zero-order chi connectivity index (χ0) is 13.1. The summed E-state index contributed by atoms with van der Waals surface area (Å²) in [5.74, 6) is 0. The normalized spacial score (nSPS) is 12.4. The molecule has 4 heteroatoms. The molecule has 0 radical (unpaired) electrons. The van der Waals surface area contributed by atoms with Crippen LogP contribution < -0.4 is 5.32 Å². The molecule has 0 aliphatic heterocycles. The Morgan fingerprint density at radius 3 is 2.65 bits per heavy atom. The van der Waals surface area contributed by atoms with Crippen LogP contribution in [-0.2, 0) is 12.0 Å². The third-order valence-corrected chi connectivity index (χ3v) is 3.62. The average molecular weight is 302 g/mol. The van der Waals surface area contributed by atoms with Gasteiger partial charge < -0.3 is 5.32 Å². The van der Waals surface area contributed by atoms with Gasteiger partial charge in [-0.05, 0) is 35.8 Å². The number of hydrogen-bond donors (Lipinski definition) is 1. The van der Waals surface area contributed by atoms with E-state index >= 15 is 0 Å². The van der Waals surface area contributed by atoms with E-state index in [4.69, 9.17) is 0 Å². The predicted molar refractivity (Wildman–Crippen MR) is 76.4 cm³/mol. The van der Waals surface area contributed by atoms with Gasteiger partial charge in [0, 0.05) is 18.0 Å². The molecular weight excluding hydrogens is 278 g/mol. The fraction of sp³-hybridized carbons (Fsp3) is 0.769. The topological polar surface area (TPSA) is 29.9 Å². The monoisotopic (exact) mass is 301 g/mol. The van der Waals surface area contributed by atoms with E-state index in [0.29, 0.717) is 6.04 Å². The number of rotatable bonds is 6. The van der Waals surface area contributed by atoms with Crippen LogP contribution in [0.5, 0.6) is 0 Å². The lowest BCUT2D eigenvalue weighted by Gasteiger charge is -2.27. The Bertz CT molecular complexity index is 356. The molecule has 1 N–H and O–H groups in total. The van der Waals surface area contributed by atoms with Crippen LogP contribution in [0.1, 0.15) is 46.7 Å². The second kappa shape index (κ2) is 6.01. The standard InChI is InChI=1S/C13H24BrN3/c1-6-17-12(11(14)9-16-17)13(4,5)7-8-15-10(2)3/h9-10,15H,6-8H2,1-5H3. The Hall–Kier alpha value is -0.350. The summed E-state index contributed by atoms with van der Waals surface area (Å²) in [6, 6.07) is 0.547. The molecular formula is C13H24BrN3. The van der Waals surface area contributed by atoms with E-state index in [1.54, 1.807) is 0 Å². The number of nitrogens with zero attached hydrogens (tertiary/aromatic N) is 2. The molecule has 0 aromatic carbocycles. The highest BCUT2D eigenvalue weighted by atomic mass is 79.9. The molecule has 0 bridgehead atoms. The number of aromatic nitrogens is 2. The average Bonchev–Trinajstić information content (AvgIpc) is 2.59. The summed E-state index contributed by atoms with van der Waals surface area (Å²) in [6.07, 6.45) is 3.01. The number of hydrogen-bond acceptors (Lipinski definition) is 2. The van der Waals surface area contributed by atoms with Gasteiger partial charge in [-0.2, -0.15) is 5.10 Å². The zero-order valence-corrected chi connectivity index (χ0v) is 13.1. The summed E-state index contributed by atoms with van der Waals surface area (Å²) < 4.78 is 3.20. The molecule has 1 aromatic rings. The highest BCUT2D eigenvalue weighted by Gasteiger charge is 2.27. The lowest BCUT2D eigenvalue weighted by atomic mass is 9.85. The second-order valence-electron chi connectivity index (χ2n) is 5.40. The summed E-state index contributed by atoms with van der Waals surface area (Å²) in [6.45, 7) is 13.0. The van der Waals surface area contributed by atoms with Crippen LogP contribution in [0.3, 0.4) is 0 Å². The van der Waals surface area contributed by atoms with E-state index in [1.807, 2.05) is 6.20 Å². The smallest absolute Gasteiger partial charge is 0.0635 e. The van der Waals surface area contributed by atoms with Crippen molar-refractivity contribution in [3.8, 4) is 0 Å². The van der Waals surface area contributed by atoms with Crippen molar-refractivity contribution in [3.63, 3.8) is 0 Å². The van der Waals surface area contributed by atoms with Gasteiger partial charge in [0.05, 0.1) is 16.4 Å². The van der Waals surface area contributed by atoms with Crippen molar-refractivity contribution in [2.45, 2.75) is 59.0 Å². The van der Waals surface area contributed by atoms with Crippen LogP contribution in [0.25, 0.3) is 0 Å². The molecule has 0 fully saturated rings. The van der Waals surface area contributed by atoms with Crippen LogP contribution in [-0.4, -0.2) is 22.4 Å². The van der Waals surface area contributed by atoms with Crippen molar-refractivity contribution < 1.29 is 0 Å². The van der Waals surface area contributed by atoms with Crippen LogP contribution in [0.4, 0.5) is 0 Å². The lowest BCUT2D eigenvalue weighted by Crippen LogP contribution is -2.31. The molecule has 1 heterocycles. The first-order chi connectivity index (χ1) is 7.88. The molecule has 0 atom stereocenters. The third kappa shape index (κ3) is 3.81. The van der Waals surface area contributed by atoms with Gasteiger partial charge in [0.1, 0.15) is 0 Å². The highest BCUT2D eigenvalue weighted by molar-refractivity contribution is 9.10. The Morgan fingerprint density at radius 1 is 1.47 bits per heavy atom. The zero-order valence-electron chi connectivity index (χ0n) is 11.5. The molecule has 98 valence electrons. The molecule has 0 spiro atoms. The van der Waals surface area contributed by atoms with Gasteiger partial charge >= 0.3 is 0 Å². The van der Waals surface area contributed by atoms with Gasteiger partial charge in [0.2, 0.25) is 0 Å². The number of nitrogens with one attached hydrogen (secondary N) is 1. The second-order valence-corrected chi connectivity index (χ2v) is 6.25. The van der Waals surface area contributed by atoms with E-state index in [1.165, 1.54) is 5.69 Å². The number of aryl methyl sites for hydroxylation is 1. The largest absolute Gasteiger partial charge is 0.314 e. The van der Waals surface area contributed by atoms with Crippen molar-refractivity contribution in [2.24, 2.45) is 0 Å². The van der Waals surface area contributed by atoms with E-state index in [9.17, 15) is 0 Å². The quantitative estimate of drug-likeness (QED) is 0.873. The molecule has 1 rings (SSSR count). The molecule has 0 saturated heterocycles. The first-order valence-electron chi connectivity index (χ1n) is 6.33. The van der Waals surface area contributed by atoms with Crippen molar-refractivity contribution in [3.05, 3.63) is 16.4 Å². The van der Waals surface area contributed by atoms with E-state index in [2.05, 4.69) is 65.6 Å². The molecule has 1 aromatic heterocycles. The number of halogens is 1. The van der Waals surface area contributed by atoms with Gasteiger partial charge in [0.15, 0.2) is 0 Å². The van der Waals surface area contributed by atoms with Gasteiger partial charge in [-0.15, -0.1) is 0 Å². The maximum absolute atomic E-state index is 4.39. The van der Waals surface area contributed by atoms with Crippen LogP contribution in [0.2, 0.25) is 0 Å². The fourth-order valence-electron chi connectivity index (χ4n) is 2.07. The molecule has 3 nitrogen and oxygen atoms in total. The minimum Gasteiger partial charge on any atom is -0.314 e. The van der Waals surface area contributed by atoms with Gasteiger partial charge in [0.25, 0.3) is 0 Å². The summed E-state index contributed by atoms with van der Waals surface area (Å²) in [5, 5.41) is 7.87. The summed E-state index contributed by atoms with van der Waals surface area (Å²) in [5.41, 5.74) is 1.43. The Morgan fingerprint density at radius 2 is 2.12 bits per heavy atom. The molecule has 0 unspecified atom stereocenters.